The van der Waals surface area contributed by atoms with Crippen LogP contribution in [0.25, 0.3) is 0 Å². The molecule has 0 saturated carbocycles. The van der Waals surface area contributed by atoms with Gasteiger partial charge in [0.1, 0.15) is 11.6 Å². The largest absolute Gasteiger partial charge is 0.467 e. The Morgan fingerprint density at radius 3 is 2.90 bits per heavy atom. The van der Waals surface area contributed by atoms with Crippen LogP contribution < -0.4 is 0 Å². The van der Waals surface area contributed by atoms with Crippen LogP contribution in [0, 0.1) is 5.82 Å². The van der Waals surface area contributed by atoms with Crippen molar-refractivity contribution in [1.82, 2.24) is 4.90 Å². The maximum Gasteiger partial charge on any atom is 0.227 e. The molecule has 0 spiro atoms. The van der Waals surface area contributed by atoms with Gasteiger partial charge in [0.2, 0.25) is 5.91 Å². The molecule has 0 bridgehead atoms. The Morgan fingerprint density at radius 2 is 2.15 bits per heavy atom. The summed E-state index contributed by atoms with van der Waals surface area (Å²) in [5.41, 5.74) is 0.447. The Bertz CT molecular complexity index is 594. The van der Waals surface area contributed by atoms with E-state index < -0.39 is 0 Å². The Hall–Kier alpha value is -2.10. The maximum absolute atomic E-state index is 13.6. The molecule has 1 aromatic heterocycles. The molecule has 1 fully saturated rings. The smallest absolute Gasteiger partial charge is 0.227 e. The highest BCUT2D eigenvalue weighted by atomic mass is 19.1. The van der Waals surface area contributed by atoms with Gasteiger partial charge >= 0.3 is 0 Å². The lowest BCUT2D eigenvalue weighted by molar-refractivity contribution is -0.131. The molecular formula is C16H16FNO2. The van der Waals surface area contributed by atoms with Crippen LogP contribution in [0.5, 0.6) is 0 Å². The summed E-state index contributed by atoms with van der Waals surface area (Å²) < 4.78 is 19.0. The molecule has 2 aromatic rings. The SMILES string of the molecule is O=C(Cc1ccccc1F)N1CCCC1c1ccco1. The zero-order chi connectivity index (χ0) is 13.9. The quantitative estimate of drug-likeness (QED) is 0.859. The van der Waals surface area contributed by atoms with Crippen molar-refractivity contribution in [3.05, 3.63) is 59.8 Å². The summed E-state index contributed by atoms with van der Waals surface area (Å²) in [6.45, 7) is 0.707. The van der Waals surface area contributed by atoms with Gasteiger partial charge < -0.3 is 9.32 Å². The monoisotopic (exact) mass is 273 g/mol. The topological polar surface area (TPSA) is 33.5 Å². The van der Waals surface area contributed by atoms with Crippen LogP contribution in [-0.2, 0) is 11.2 Å². The van der Waals surface area contributed by atoms with Crippen LogP contribution in [0.2, 0.25) is 0 Å². The lowest BCUT2D eigenvalue weighted by atomic mass is 10.1. The zero-order valence-corrected chi connectivity index (χ0v) is 11.1. The van der Waals surface area contributed by atoms with Gasteiger partial charge in [-0.2, -0.15) is 0 Å². The van der Waals surface area contributed by atoms with Gasteiger partial charge in [-0.25, -0.2) is 4.39 Å². The van der Waals surface area contributed by atoms with Crippen molar-refractivity contribution in [2.24, 2.45) is 0 Å². The average Bonchev–Trinajstić information content (AvgIpc) is 3.11. The Labute approximate surface area is 117 Å². The van der Waals surface area contributed by atoms with Gasteiger partial charge in [-0.05, 0) is 36.6 Å². The van der Waals surface area contributed by atoms with Crippen molar-refractivity contribution in [1.29, 1.82) is 0 Å². The fraction of sp³-hybridized carbons (Fsp3) is 0.312. The number of hydrogen-bond acceptors (Lipinski definition) is 2. The molecule has 0 aliphatic carbocycles. The third kappa shape index (κ3) is 2.46. The van der Waals surface area contributed by atoms with Gasteiger partial charge in [0, 0.05) is 6.54 Å². The molecule has 1 amide bonds. The van der Waals surface area contributed by atoms with E-state index in [1.165, 1.54) is 6.07 Å². The van der Waals surface area contributed by atoms with E-state index >= 15 is 0 Å². The van der Waals surface area contributed by atoms with E-state index in [1.54, 1.807) is 29.4 Å². The fourth-order valence-corrected chi connectivity index (χ4v) is 2.75. The molecule has 1 atom stereocenters. The first-order chi connectivity index (χ1) is 9.75. The first kappa shape index (κ1) is 12.9. The molecule has 20 heavy (non-hydrogen) atoms. The number of furan rings is 1. The third-order valence-electron chi connectivity index (χ3n) is 3.74. The van der Waals surface area contributed by atoms with Gasteiger partial charge in [-0.15, -0.1) is 0 Å². The van der Waals surface area contributed by atoms with Crippen molar-refractivity contribution in [2.45, 2.75) is 25.3 Å². The number of amides is 1. The van der Waals surface area contributed by atoms with Crippen LogP contribution in [0.1, 0.15) is 30.2 Å². The lowest BCUT2D eigenvalue weighted by Crippen LogP contribution is -2.31. The van der Waals surface area contributed by atoms with E-state index in [1.807, 2.05) is 12.1 Å². The molecule has 1 aliphatic heterocycles. The number of hydrogen-bond donors (Lipinski definition) is 0. The summed E-state index contributed by atoms with van der Waals surface area (Å²) in [6, 6.07) is 10.1. The Kier molecular flexibility index (Phi) is 3.54. The van der Waals surface area contributed by atoms with E-state index in [0.717, 1.165) is 18.6 Å². The summed E-state index contributed by atoms with van der Waals surface area (Å²) in [7, 11) is 0. The van der Waals surface area contributed by atoms with Crippen molar-refractivity contribution < 1.29 is 13.6 Å². The molecule has 3 rings (SSSR count). The number of carbonyl (C=O) groups excluding carboxylic acids is 1. The average molecular weight is 273 g/mol. The summed E-state index contributed by atoms with van der Waals surface area (Å²) in [6.07, 6.45) is 3.57. The summed E-state index contributed by atoms with van der Waals surface area (Å²) >= 11 is 0. The van der Waals surface area contributed by atoms with Gasteiger partial charge in [-0.3, -0.25) is 4.79 Å². The minimum atomic E-state index is -0.324. The van der Waals surface area contributed by atoms with Crippen LogP contribution in [0.3, 0.4) is 0 Å². The van der Waals surface area contributed by atoms with Gasteiger partial charge in [-0.1, -0.05) is 18.2 Å². The van der Waals surface area contributed by atoms with E-state index in [4.69, 9.17) is 4.42 Å². The lowest BCUT2D eigenvalue weighted by Gasteiger charge is -2.23. The molecule has 2 heterocycles. The highest BCUT2D eigenvalue weighted by molar-refractivity contribution is 5.79. The van der Waals surface area contributed by atoms with E-state index in [2.05, 4.69) is 0 Å². The second-order valence-electron chi connectivity index (χ2n) is 5.03. The first-order valence-corrected chi connectivity index (χ1v) is 6.82. The molecule has 1 aliphatic rings. The summed E-state index contributed by atoms with van der Waals surface area (Å²) in [5.74, 6) is 0.438. The maximum atomic E-state index is 13.6. The van der Waals surface area contributed by atoms with Crippen LogP contribution >= 0.6 is 0 Å². The van der Waals surface area contributed by atoms with Crippen LogP contribution in [0.4, 0.5) is 4.39 Å². The summed E-state index contributed by atoms with van der Waals surface area (Å²) in [5, 5.41) is 0. The van der Waals surface area contributed by atoms with E-state index in [9.17, 15) is 9.18 Å². The normalized spacial score (nSPS) is 18.4. The van der Waals surface area contributed by atoms with Crippen molar-refractivity contribution in [3.8, 4) is 0 Å². The molecule has 0 radical (unpaired) electrons. The first-order valence-electron chi connectivity index (χ1n) is 6.82. The Morgan fingerprint density at radius 1 is 1.30 bits per heavy atom. The number of halogens is 1. The van der Waals surface area contributed by atoms with E-state index in [-0.39, 0.29) is 24.2 Å². The zero-order valence-electron chi connectivity index (χ0n) is 11.1. The van der Waals surface area contributed by atoms with E-state index in [0.29, 0.717) is 12.1 Å². The number of nitrogens with zero attached hydrogens (tertiary/aromatic N) is 1. The molecule has 3 nitrogen and oxygen atoms in total. The summed E-state index contributed by atoms with van der Waals surface area (Å²) in [4.78, 5) is 14.2. The molecular weight excluding hydrogens is 257 g/mol. The molecule has 1 unspecified atom stereocenters. The predicted molar refractivity (Wildman–Crippen MR) is 72.5 cm³/mol. The minimum absolute atomic E-state index is 0.00993. The molecule has 1 saturated heterocycles. The van der Waals surface area contributed by atoms with Gasteiger partial charge in [0.25, 0.3) is 0 Å². The second kappa shape index (κ2) is 5.49. The number of benzene rings is 1. The van der Waals surface area contributed by atoms with Crippen molar-refractivity contribution in [3.63, 3.8) is 0 Å². The van der Waals surface area contributed by atoms with Gasteiger partial charge in [0.15, 0.2) is 0 Å². The van der Waals surface area contributed by atoms with Crippen LogP contribution in [0.15, 0.2) is 47.1 Å². The van der Waals surface area contributed by atoms with Crippen LogP contribution in [-0.4, -0.2) is 17.4 Å². The predicted octanol–water partition coefficient (Wildman–Crippen LogP) is 3.32. The highest BCUT2D eigenvalue weighted by Crippen LogP contribution is 2.32. The standard InChI is InChI=1S/C16H16FNO2/c17-13-6-2-1-5-12(13)11-16(19)18-9-3-7-14(18)15-8-4-10-20-15/h1-2,4-6,8,10,14H,3,7,9,11H2. The second-order valence-corrected chi connectivity index (χ2v) is 5.03. The molecule has 4 heteroatoms. The number of rotatable bonds is 3. The highest BCUT2D eigenvalue weighted by Gasteiger charge is 2.31. The number of likely N-dealkylation sites (tertiary alicyclic amines) is 1. The molecule has 1 aromatic carbocycles. The van der Waals surface area contributed by atoms with Crippen molar-refractivity contribution in [2.75, 3.05) is 6.54 Å². The van der Waals surface area contributed by atoms with Gasteiger partial charge in [0.05, 0.1) is 18.7 Å². The fourth-order valence-electron chi connectivity index (χ4n) is 2.75. The minimum Gasteiger partial charge on any atom is -0.467 e. The Balaban J connectivity index is 1.75. The number of carbonyl (C=O) groups is 1. The third-order valence-corrected chi connectivity index (χ3v) is 3.74. The van der Waals surface area contributed by atoms with Crippen molar-refractivity contribution >= 4 is 5.91 Å². The molecule has 0 N–H and O–H groups in total. The molecule has 104 valence electrons.